The van der Waals surface area contributed by atoms with Crippen LogP contribution in [0, 0.1) is 0 Å². The van der Waals surface area contributed by atoms with Gasteiger partial charge in [-0.05, 0) is 23.6 Å². The molecule has 1 atom stereocenters. The topological polar surface area (TPSA) is 33.1 Å². The molecule has 0 aliphatic carbocycles. The van der Waals surface area contributed by atoms with Crippen LogP contribution in [-0.4, -0.2) is 10.1 Å². The zero-order chi connectivity index (χ0) is 11.7. The predicted molar refractivity (Wildman–Crippen MR) is 70.1 cm³/mol. The van der Waals surface area contributed by atoms with E-state index in [0.29, 0.717) is 5.69 Å². The van der Waals surface area contributed by atoms with Gasteiger partial charge in [-0.2, -0.15) is 0 Å². The van der Waals surface area contributed by atoms with E-state index in [-0.39, 0.29) is 0 Å². The molecule has 3 heteroatoms. The smallest absolute Gasteiger partial charge is 0.130 e. The highest BCUT2D eigenvalue weighted by molar-refractivity contribution is 7.10. The Morgan fingerprint density at radius 1 is 1.00 bits per heavy atom. The first-order chi connectivity index (χ1) is 8.34. The number of aromatic nitrogens is 1. The van der Waals surface area contributed by atoms with E-state index in [1.165, 1.54) is 0 Å². The monoisotopic (exact) mass is 241 g/mol. The molecular formula is C14H11NOS. The fourth-order valence-electron chi connectivity index (χ4n) is 1.83. The van der Waals surface area contributed by atoms with Crippen molar-refractivity contribution in [3.05, 3.63) is 64.5 Å². The van der Waals surface area contributed by atoms with Crippen LogP contribution in [0.25, 0.3) is 10.9 Å². The third-order valence-electron chi connectivity index (χ3n) is 2.71. The summed E-state index contributed by atoms with van der Waals surface area (Å²) in [6, 6.07) is 15.7. The third-order valence-corrected chi connectivity index (χ3v) is 3.64. The SMILES string of the molecule is OC(c1ccc2ccccc2n1)c1cccs1. The van der Waals surface area contributed by atoms with Crippen molar-refractivity contribution in [3.8, 4) is 0 Å². The summed E-state index contributed by atoms with van der Waals surface area (Å²) < 4.78 is 0. The van der Waals surface area contributed by atoms with Crippen molar-refractivity contribution in [3.63, 3.8) is 0 Å². The van der Waals surface area contributed by atoms with Crippen molar-refractivity contribution in [1.82, 2.24) is 4.98 Å². The highest BCUT2D eigenvalue weighted by Gasteiger charge is 2.12. The molecule has 0 aliphatic heterocycles. The normalized spacial score (nSPS) is 12.8. The summed E-state index contributed by atoms with van der Waals surface area (Å²) >= 11 is 1.54. The average Bonchev–Trinajstić information content (AvgIpc) is 2.91. The van der Waals surface area contributed by atoms with Crippen LogP contribution in [-0.2, 0) is 0 Å². The summed E-state index contributed by atoms with van der Waals surface area (Å²) in [4.78, 5) is 5.41. The molecule has 2 nitrogen and oxygen atoms in total. The number of aliphatic hydroxyl groups excluding tert-OH is 1. The Labute approximate surface area is 103 Å². The number of aliphatic hydroxyl groups is 1. The van der Waals surface area contributed by atoms with Gasteiger partial charge in [-0.1, -0.05) is 30.3 Å². The zero-order valence-electron chi connectivity index (χ0n) is 9.08. The molecule has 0 amide bonds. The van der Waals surface area contributed by atoms with Crippen LogP contribution in [0.1, 0.15) is 16.7 Å². The lowest BCUT2D eigenvalue weighted by molar-refractivity contribution is 0.219. The quantitative estimate of drug-likeness (QED) is 0.746. The second kappa shape index (κ2) is 4.28. The number of nitrogens with zero attached hydrogens (tertiary/aromatic N) is 1. The molecule has 17 heavy (non-hydrogen) atoms. The van der Waals surface area contributed by atoms with Crippen LogP contribution in [0.3, 0.4) is 0 Å². The molecule has 2 aromatic heterocycles. The largest absolute Gasteiger partial charge is 0.381 e. The lowest BCUT2D eigenvalue weighted by Gasteiger charge is -2.08. The fourth-order valence-corrected chi connectivity index (χ4v) is 2.55. The molecular weight excluding hydrogens is 230 g/mol. The average molecular weight is 241 g/mol. The van der Waals surface area contributed by atoms with Gasteiger partial charge in [-0.15, -0.1) is 11.3 Å². The molecule has 2 heterocycles. The van der Waals surface area contributed by atoms with Gasteiger partial charge in [-0.3, -0.25) is 0 Å². The molecule has 1 unspecified atom stereocenters. The first kappa shape index (κ1) is 10.4. The van der Waals surface area contributed by atoms with Crippen molar-refractivity contribution in [2.24, 2.45) is 0 Å². The minimum Gasteiger partial charge on any atom is -0.381 e. The van der Waals surface area contributed by atoms with E-state index in [9.17, 15) is 5.11 Å². The van der Waals surface area contributed by atoms with E-state index < -0.39 is 6.10 Å². The molecule has 1 aromatic carbocycles. The lowest BCUT2D eigenvalue weighted by Crippen LogP contribution is -2.00. The van der Waals surface area contributed by atoms with Crippen molar-refractivity contribution in [2.75, 3.05) is 0 Å². The molecule has 0 radical (unpaired) electrons. The molecule has 0 saturated carbocycles. The zero-order valence-corrected chi connectivity index (χ0v) is 9.89. The summed E-state index contributed by atoms with van der Waals surface area (Å²) in [6.45, 7) is 0. The number of pyridine rings is 1. The maximum Gasteiger partial charge on any atom is 0.130 e. The molecule has 1 N–H and O–H groups in total. The Balaban J connectivity index is 2.06. The van der Waals surface area contributed by atoms with Crippen molar-refractivity contribution in [2.45, 2.75) is 6.10 Å². The molecule has 0 bridgehead atoms. The number of fused-ring (bicyclic) bond motifs is 1. The Morgan fingerprint density at radius 2 is 1.88 bits per heavy atom. The van der Waals surface area contributed by atoms with E-state index in [0.717, 1.165) is 15.8 Å². The molecule has 0 aliphatic rings. The first-order valence-corrected chi connectivity index (χ1v) is 6.30. The molecule has 84 valence electrons. The molecule has 3 aromatic rings. The van der Waals surface area contributed by atoms with Crippen molar-refractivity contribution >= 4 is 22.2 Å². The highest BCUT2D eigenvalue weighted by atomic mass is 32.1. The van der Waals surface area contributed by atoms with Gasteiger partial charge in [-0.25, -0.2) is 4.98 Å². The lowest BCUT2D eigenvalue weighted by atomic mass is 10.1. The van der Waals surface area contributed by atoms with Crippen LogP contribution >= 0.6 is 11.3 Å². The van der Waals surface area contributed by atoms with Gasteiger partial charge in [0.25, 0.3) is 0 Å². The van der Waals surface area contributed by atoms with E-state index in [2.05, 4.69) is 4.98 Å². The van der Waals surface area contributed by atoms with Crippen molar-refractivity contribution in [1.29, 1.82) is 0 Å². The molecule has 0 fully saturated rings. The van der Waals surface area contributed by atoms with Crippen LogP contribution in [0.5, 0.6) is 0 Å². The van der Waals surface area contributed by atoms with E-state index >= 15 is 0 Å². The summed E-state index contributed by atoms with van der Waals surface area (Å²) in [6.07, 6.45) is -0.625. The first-order valence-electron chi connectivity index (χ1n) is 5.42. The van der Waals surface area contributed by atoms with Gasteiger partial charge in [0.05, 0.1) is 11.2 Å². The van der Waals surface area contributed by atoms with Gasteiger partial charge in [0, 0.05) is 10.3 Å². The standard InChI is InChI=1S/C14H11NOS/c16-14(13-6-3-9-17-13)12-8-7-10-4-1-2-5-11(10)15-12/h1-9,14,16H. The fraction of sp³-hybridized carbons (Fsp3) is 0.0714. The number of benzene rings is 1. The minimum absolute atomic E-state index is 0.625. The third kappa shape index (κ3) is 1.95. The summed E-state index contributed by atoms with van der Waals surface area (Å²) in [5, 5.41) is 13.2. The number of rotatable bonds is 2. The molecule has 0 spiro atoms. The Bertz CT molecular complexity index is 634. The minimum atomic E-state index is -0.625. The molecule has 0 saturated heterocycles. The van der Waals surface area contributed by atoms with Crippen molar-refractivity contribution < 1.29 is 5.11 Å². The predicted octanol–water partition coefficient (Wildman–Crippen LogP) is 3.38. The number of thiophene rings is 1. The number of hydrogen-bond donors (Lipinski definition) is 1. The van der Waals surface area contributed by atoms with Gasteiger partial charge in [0.15, 0.2) is 0 Å². The second-order valence-corrected chi connectivity index (χ2v) is 4.83. The van der Waals surface area contributed by atoms with Gasteiger partial charge >= 0.3 is 0 Å². The second-order valence-electron chi connectivity index (χ2n) is 3.85. The maximum absolute atomic E-state index is 10.2. The maximum atomic E-state index is 10.2. The van der Waals surface area contributed by atoms with E-state index in [1.54, 1.807) is 11.3 Å². The molecule has 3 rings (SSSR count). The Kier molecular flexibility index (Phi) is 2.63. The van der Waals surface area contributed by atoms with Gasteiger partial charge in [0.2, 0.25) is 0 Å². The summed E-state index contributed by atoms with van der Waals surface area (Å²) in [5.74, 6) is 0. The van der Waals surface area contributed by atoms with Gasteiger partial charge < -0.3 is 5.11 Å². The Morgan fingerprint density at radius 3 is 2.71 bits per heavy atom. The number of hydrogen-bond acceptors (Lipinski definition) is 3. The van der Waals surface area contributed by atoms with Crippen LogP contribution in [0.15, 0.2) is 53.9 Å². The van der Waals surface area contributed by atoms with Crippen LogP contribution < -0.4 is 0 Å². The van der Waals surface area contributed by atoms with Crippen LogP contribution in [0.4, 0.5) is 0 Å². The van der Waals surface area contributed by atoms with E-state index in [1.807, 2.05) is 53.9 Å². The summed E-state index contributed by atoms with van der Waals surface area (Å²) in [7, 11) is 0. The number of para-hydroxylation sites is 1. The van der Waals surface area contributed by atoms with Crippen LogP contribution in [0.2, 0.25) is 0 Å². The summed E-state index contributed by atoms with van der Waals surface area (Å²) in [5.41, 5.74) is 1.62. The highest BCUT2D eigenvalue weighted by Crippen LogP contribution is 2.25. The van der Waals surface area contributed by atoms with Gasteiger partial charge in [0.1, 0.15) is 6.10 Å². The Hall–Kier alpha value is -1.71. The van der Waals surface area contributed by atoms with E-state index in [4.69, 9.17) is 0 Å².